The minimum absolute atomic E-state index is 0. The van der Waals surface area contributed by atoms with Crippen molar-refractivity contribution in [2.45, 2.75) is 36.6 Å². The summed E-state index contributed by atoms with van der Waals surface area (Å²) >= 11 is 0. The minimum atomic E-state index is -3.73. The second kappa shape index (κ2) is 9.59. The molecular formula is C17H26ClN3O5S. The molecule has 1 aliphatic heterocycles. The zero-order valence-corrected chi connectivity index (χ0v) is 16.6. The normalized spacial score (nSPS) is 17.4. The van der Waals surface area contributed by atoms with Crippen molar-refractivity contribution in [2.24, 2.45) is 11.7 Å². The number of rotatable bonds is 8. The first kappa shape index (κ1) is 21.7. The predicted molar refractivity (Wildman–Crippen MR) is 103 cm³/mol. The molecule has 0 radical (unpaired) electrons. The zero-order chi connectivity index (χ0) is 18.6. The average Bonchev–Trinajstić information content (AvgIpc) is 3.45. The Kier molecular flexibility index (Phi) is 7.72. The first-order valence-corrected chi connectivity index (χ1v) is 10.4. The summed E-state index contributed by atoms with van der Waals surface area (Å²) in [6.45, 7) is 1.44. The fraction of sp³-hybridized carbons (Fsp3) is 0.588. The Hall–Kier alpha value is -1.55. The molecule has 3 rings (SSSR count). The lowest BCUT2D eigenvalue weighted by Gasteiger charge is -2.16. The largest absolute Gasteiger partial charge is 0.490 e. The van der Waals surface area contributed by atoms with Crippen molar-refractivity contribution >= 4 is 28.3 Å². The van der Waals surface area contributed by atoms with E-state index in [2.05, 4.69) is 10.0 Å². The Morgan fingerprint density at radius 2 is 1.93 bits per heavy atom. The molecule has 10 heteroatoms. The van der Waals surface area contributed by atoms with E-state index in [1.807, 2.05) is 0 Å². The van der Waals surface area contributed by atoms with E-state index >= 15 is 0 Å². The van der Waals surface area contributed by atoms with Gasteiger partial charge in [0, 0.05) is 38.0 Å². The number of hydrogen-bond acceptors (Lipinski definition) is 6. The van der Waals surface area contributed by atoms with E-state index in [0.29, 0.717) is 37.2 Å². The molecule has 0 saturated heterocycles. The SMILES string of the molecule is Cl.NCC(NC(=O)CCNS(=O)(=O)c1ccc2c(c1)OCCCO2)C1CC1. The molecular weight excluding hydrogens is 394 g/mol. The van der Waals surface area contributed by atoms with Crippen LogP contribution < -0.4 is 25.2 Å². The van der Waals surface area contributed by atoms with Gasteiger partial charge >= 0.3 is 0 Å². The molecule has 152 valence electrons. The number of amides is 1. The molecule has 1 heterocycles. The molecule has 1 aromatic carbocycles. The van der Waals surface area contributed by atoms with Crippen LogP contribution in [0.4, 0.5) is 0 Å². The van der Waals surface area contributed by atoms with Gasteiger partial charge in [0.1, 0.15) is 0 Å². The van der Waals surface area contributed by atoms with Crippen LogP contribution >= 0.6 is 12.4 Å². The van der Waals surface area contributed by atoms with E-state index in [0.717, 1.165) is 19.3 Å². The van der Waals surface area contributed by atoms with Crippen molar-refractivity contribution in [1.82, 2.24) is 10.0 Å². The van der Waals surface area contributed by atoms with Crippen LogP contribution in [0.1, 0.15) is 25.7 Å². The molecule has 4 N–H and O–H groups in total. The molecule has 1 saturated carbocycles. The van der Waals surface area contributed by atoms with Gasteiger partial charge in [-0.25, -0.2) is 13.1 Å². The lowest BCUT2D eigenvalue weighted by molar-refractivity contribution is -0.121. The molecule has 1 unspecified atom stereocenters. The van der Waals surface area contributed by atoms with Gasteiger partial charge in [0.15, 0.2) is 11.5 Å². The summed E-state index contributed by atoms with van der Waals surface area (Å²) < 4.78 is 38.3. The monoisotopic (exact) mass is 419 g/mol. The number of hydrogen-bond donors (Lipinski definition) is 3. The van der Waals surface area contributed by atoms with E-state index in [-0.39, 0.29) is 42.2 Å². The Bertz CT molecular complexity index is 755. The number of ether oxygens (including phenoxy) is 2. The predicted octanol–water partition coefficient (Wildman–Crippen LogP) is 0.792. The molecule has 1 amide bonds. The van der Waals surface area contributed by atoms with Crippen LogP contribution in [0.15, 0.2) is 23.1 Å². The van der Waals surface area contributed by atoms with Crippen LogP contribution in [0.3, 0.4) is 0 Å². The van der Waals surface area contributed by atoms with Gasteiger partial charge in [-0.3, -0.25) is 4.79 Å². The number of nitrogens with two attached hydrogens (primary N) is 1. The molecule has 1 atom stereocenters. The van der Waals surface area contributed by atoms with Crippen LogP contribution in [0, 0.1) is 5.92 Å². The molecule has 0 bridgehead atoms. The number of fused-ring (bicyclic) bond motifs is 1. The summed E-state index contributed by atoms with van der Waals surface area (Å²) in [5, 5.41) is 2.87. The van der Waals surface area contributed by atoms with Crippen molar-refractivity contribution in [3.8, 4) is 11.5 Å². The molecule has 1 aromatic rings. The highest BCUT2D eigenvalue weighted by Crippen LogP contribution is 2.32. The van der Waals surface area contributed by atoms with Crippen LogP contribution in [-0.2, 0) is 14.8 Å². The van der Waals surface area contributed by atoms with Crippen molar-refractivity contribution in [3.63, 3.8) is 0 Å². The molecule has 0 spiro atoms. The lowest BCUT2D eigenvalue weighted by atomic mass is 10.2. The third-order valence-electron chi connectivity index (χ3n) is 4.46. The number of benzene rings is 1. The fourth-order valence-corrected chi connectivity index (χ4v) is 3.89. The van der Waals surface area contributed by atoms with Crippen LogP contribution in [0.2, 0.25) is 0 Å². The molecule has 27 heavy (non-hydrogen) atoms. The highest BCUT2D eigenvalue weighted by molar-refractivity contribution is 7.89. The molecule has 0 aromatic heterocycles. The number of halogens is 1. The number of sulfonamides is 1. The smallest absolute Gasteiger partial charge is 0.240 e. The first-order chi connectivity index (χ1) is 12.5. The van der Waals surface area contributed by atoms with Crippen molar-refractivity contribution in [2.75, 3.05) is 26.3 Å². The van der Waals surface area contributed by atoms with Gasteiger partial charge in [0.2, 0.25) is 15.9 Å². The van der Waals surface area contributed by atoms with Gasteiger partial charge in [-0.2, -0.15) is 0 Å². The van der Waals surface area contributed by atoms with Gasteiger partial charge in [0.25, 0.3) is 0 Å². The van der Waals surface area contributed by atoms with E-state index in [9.17, 15) is 13.2 Å². The highest BCUT2D eigenvalue weighted by Gasteiger charge is 2.31. The second-order valence-electron chi connectivity index (χ2n) is 6.55. The lowest BCUT2D eigenvalue weighted by Crippen LogP contribution is -2.42. The fourth-order valence-electron chi connectivity index (χ4n) is 2.84. The first-order valence-electron chi connectivity index (χ1n) is 8.88. The maximum atomic E-state index is 12.4. The van der Waals surface area contributed by atoms with E-state index in [4.69, 9.17) is 15.2 Å². The average molecular weight is 420 g/mol. The third kappa shape index (κ3) is 5.97. The van der Waals surface area contributed by atoms with Gasteiger partial charge < -0.3 is 20.5 Å². The van der Waals surface area contributed by atoms with Crippen LogP contribution in [0.25, 0.3) is 0 Å². The minimum Gasteiger partial charge on any atom is -0.490 e. The second-order valence-corrected chi connectivity index (χ2v) is 8.32. The third-order valence-corrected chi connectivity index (χ3v) is 5.92. The molecule has 2 aliphatic rings. The van der Waals surface area contributed by atoms with Gasteiger partial charge in [0.05, 0.1) is 18.1 Å². The summed E-state index contributed by atoms with van der Waals surface area (Å²) in [5.74, 6) is 1.21. The summed E-state index contributed by atoms with van der Waals surface area (Å²) in [6.07, 6.45) is 2.97. The van der Waals surface area contributed by atoms with Gasteiger partial charge in [-0.15, -0.1) is 12.4 Å². The van der Waals surface area contributed by atoms with Gasteiger partial charge in [-0.1, -0.05) is 0 Å². The zero-order valence-electron chi connectivity index (χ0n) is 15.0. The summed E-state index contributed by atoms with van der Waals surface area (Å²) in [5.41, 5.74) is 5.65. The van der Waals surface area contributed by atoms with Gasteiger partial charge in [-0.05, 0) is 30.9 Å². The van der Waals surface area contributed by atoms with E-state index in [1.165, 1.54) is 12.1 Å². The molecule has 8 nitrogen and oxygen atoms in total. The maximum Gasteiger partial charge on any atom is 0.240 e. The Morgan fingerprint density at radius 3 is 2.59 bits per heavy atom. The Balaban J connectivity index is 0.00000261. The summed E-state index contributed by atoms with van der Waals surface area (Å²) in [4.78, 5) is 12.0. The quantitative estimate of drug-likeness (QED) is 0.573. The Morgan fingerprint density at radius 1 is 1.22 bits per heavy atom. The maximum absolute atomic E-state index is 12.4. The van der Waals surface area contributed by atoms with Crippen molar-refractivity contribution < 1.29 is 22.7 Å². The van der Waals surface area contributed by atoms with Crippen molar-refractivity contribution in [1.29, 1.82) is 0 Å². The van der Waals surface area contributed by atoms with Crippen LogP contribution in [0.5, 0.6) is 11.5 Å². The molecule has 1 aliphatic carbocycles. The van der Waals surface area contributed by atoms with E-state index in [1.54, 1.807) is 6.07 Å². The summed E-state index contributed by atoms with van der Waals surface area (Å²) in [6, 6.07) is 4.48. The topological polar surface area (TPSA) is 120 Å². The molecule has 1 fully saturated rings. The standard InChI is InChI=1S/C17H25N3O5S.ClH/c18-11-14(12-2-3-12)20-17(21)6-7-19-26(22,23)13-4-5-15-16(10-13)25-9-1-8-24-15;/h4-5,10,12,14,19H,1-3,6-9,11,18H2,(H,20,21);1H. The summed E-state index contributed by atoms with van der Waals surface area (Å²) in [7, 11) is -3.73. The number of carbonyl (C=O) groups is 1. The van der Waals surface area contributed by atoms with E-state index < -0.39 is 10.0 Å². The van der Waals surface area contributed by atoms with Crippen LogP contribution in [-0.4, -0.2) is 46.7 Å². The highest BCUT2D eigenvalue weighted by atomic mass is 35.5. The Labute approximate surface area is 165 Å². The number of nitrogens with one attached hydrogen (secondary N) is 2. The number of carbonyl (C=O) groups excluding carboxylic acids is 1. The van der Waals surface area contributed by atoms with Crippen molar-refractivity contribution in [3.05, 3.63) is 18.2 Å².